The zero-order chi connectivity index (χ0) is 13.8. The average molecular weight is 323 g/mol. The number of benzene rings is 2. The Morgan fingerprint density at radius 3 is 2.63 bits per heavy atom. The molecule has 19 heavy (non-hydrogen) atoms. The van der Waals surface area contributed by atoms with Gasteiger partial charge in [-0.1, -0.05) is 28.1 Å². The molecule has 0 heterocycles. The Kier molecular flexibility index (Phi) is 4.43. The van der Waals surface area contributed by atoms with E-state index in [4.69, 9.17) is 4.74 Å². The van der Waals surface area contributed by atoms with Gasteiger partial charge >= 0.3 is 5.97 Å². The van der Waals surface area contributed by atoms with Crippen molar-refractivity contribution in [1.29, 1.82) is 0 Å². The molecule has 0 saturated carbocycles. The topological polar surface area (TPSA) is 35.5 Å². The molecule has 3 nitrogen and oxygen atoms in total. The lowest BCUT2D eigenvalue weighted by molar-refractivity contribution is -0.145. The number of carbonyl (C=O) groups excluding carboxylic acids is 1. The number of ether oxygens (including phenoxy) is 2. The molecule has 0 aliphatic heterocycles. The van der Waals surface area contributed by atoms with E-state index in [0.29, 0.717) is 6.61 Å². The molecule has 2 rings (SSSR count). The molecule has 0 spiro atoms. The van der Waals surface area contributed by atoms with Crippen LogP contribution in [0, 0.1) is 5.92 Å². The summed E-state index contributed by atoms with van der Waals surface area (Å²) in [6.45, 7) is 2.10. The van der Waals surface area contributed by atoms with Crippen molar-refractivity contribution in [2.45, 2.75) is 6.92 Å². The number of rotatable bonds is 4. The van der Waals surface area contributed by atoms with Gasteiger partial charge in [0.25, 0.3) is 0 Å². The Labute approximate surface area is 120 Å². The highest BCUT2D eigenvalue weighted by molar-refractivity contribution is 9.10. The summed E-state index contributed by atoms with van der Waals surface area (Å²) in [7, 11) is 1.38. The standard InChI is InChI=1S/C15H15BrO3/c1-10(15(17)18-2)9-19-14-6-4-11-7-13(16)5-3-12(11)8-14/h3-8,10H,9H2,1-2H3. The molecule has 0 aromatic heterocycles. The molecule has 0 bridgehead atoms. The van der Waals surface area contributed by atoms with Crippen LogP contribution in [-0.2, 0) is 9.53 Å². The third-order valence-corrected chi connectivity index (χ3v) is 3.37. The smallest absolute Gasteiger partial charge is 0.311 e. The first-order chi connectivity index (χ1) is 9.10. The lowest BCUT2D eigenvalue weighted by Crippen LogP contribution is -2.19. The lowest BCUT2D eigenvalue weighted by Gasteiger charge is -2.11. The van der Waals surface area contributed by atoms with Crippen molar-refractivity contribution in [2.24, 2.45) is 5.92 Å². The number of hydrogen-bond acceptors (Lipinski definition) is 3. The monoisotopic (exact) mass is 322 g/mol. The van der Waals surface area contributed by atoms with E-state index < -0.39 is 0 Å². The van der Waals surface area contributed by atoms with Crippen LogP contribution >= 0.6 is 15.9 Å². The zero-order valence-electron chi connectivity index (χ0n) is 10.9. The van der Waals surface area contributed by atoms with E-state index >= 15 is 0 Å². The van der Waals surface area contributed by atoms with E-state index in [-0.39, 0.29) is 11.9 Å². The van der Waals surface area contributed by atoms with Gasteiger partial charge in [0.05, 0.1) is 13.0 Å². The fourth-order valence-corrected chi connectivity index (χ4v) is 2.15. The van der Waals surface area contributed by atoms with Crippen LogP contribution in [0.2, 0.25) is 0 Å². The van der Waals surface area contributed by atoms with Crippen molar-refractivity contribution in [3.63, 3.8) is 0 Å². The molecule has 0 fully saturated rings. The largest absolute Gasteiger partial charge is 0.493 e. The van der Waals surface area contributed by atoms with Gasteiger partial charge in [0.15, 0.2) is 0 Å². The Morgan fingerprint density at radius 1 is 1.21 bits per heavy atom. The molecule has 100 valence electrons. The van der Waals surface area contributed by atoms with Gasteiger partial charge in [-0.15, -0.1) is 0 Å². The van der Waals surface area contributed by atoms with Crippen LogP contribution in [0.5, 0.6) is 5.75 Å². The highest BCUT2D eigenvalue weighted by Gasteiger charge is 2.13. The number of carbonyl (C=O) groups is 1. The second-order valence-corrected chi connectivity index (χ2v) is 5.30. The van der Waals surface area contributed by atoms with Crippen LogP contribution in [0.15, 0.2) is 40.9 Å². The van der Waals surface area contributed by atoms with E-state index in [0.717, 1.165) is 21.0 Å². The maximum absolute atomic E-state index is 11.3. The average Bonchev–Trinajstić information content (AvgIpc) is 2.43. The van der Waals surface area contributed by atoms with Crippen molar-refractivity contribution in [3.8, 4) is 5.75 Å². The number of halogens is 1. The summed E-state index contributed by atoms with van der Waals surface area (Å²) in [4.78, 5) is 11.3. The number of methoxy groups -OCH3 is 1. The van der Waals surface area contributed by atoms with Crippen LogP contribution in [0.1, 0.15) is 6.92 Å². The minimum Gasteiger partial charge on any atom is -0.493 e. The Balaban J connectivity index is 2.09. The molecular formula is C15H15BrO3. The van der Waals surface area contributed by atoms with Crippen LogP contribution in [0.25, 0.3) is 10.8 Å². The second-order valence-electron chi connectivity index (χ2n) is 4.39. The van der Waals surface area contributed by atoms with Crippen molar-refractivity contribution in [3.05, 3.63) is 40.9 Å². The lowest BCUT2D eigenvalue weighted by atomic mass is 10.1. The summed E-state index contributed by atoms with van der Waals surface area (Å²) in [6, 6.07) is 11.9. The molecule has 1 atom stereocenters. The molecule has 0 amide bonds. The Morgan fingerprint density at radius 2 is 1.89 bits per heavy atom. The maximum atomic E-state index is 11.3. The zero-order valence-corrected chi connectivity index (χ0v) is 12.4. The molecule has 1 unspecified atom stereocenters. The molecule has 0 N–H and O–H groups in total. The van der Waals surface area contributed by atoms with Crippen LogP contribution in [0.3, 0.4) is 0 Å². The quantitative estimate of drug-likeness (QED) is 0.803. The number of esters is 1. The minimum absolute atomic E-state index is 0.260. The van der Waals surface area contributed by atoms with Crippen LogP contribution < -0.4 is 4.74 Å². The third kappa shape index (κ3) is 3.47. The normalized spacial score (nSPS) is 12.2. The van der Waals surface area contributed by atoms with Gasteiger partial charge in [-0.05, 0) is 42.0 Å². The maximum Gasteiger partial charge on any atom is 0.311 e. The molecule has 2 aromatic carbocycles. The molecule has 0 aliphatic carbocycles. The molecule has 0 radical (unpaired) electrons. The van der Waals surface area contributed by atoms with Gasteiger partial charge in [0.1, 0.15) is 12.4 Å². The number of hydrogen-bond donors (Lipinski definition) is 0. The summed E-state index contributed by atoms with van der Waals surface area (Å²) in [6.07, 6.45) is 0. The number of fused-ring (bicyclic) bond motifs is 1. The van der Waals surface area contributed by atoms with Crippen LogP contribution in [0.4, 0.5) is 0 Å². The molecule has 4 heteroatoms. The fraction of sp³-hybridized carbons (Fsp3) is 0.267. The van der Waals surface area contributed by atoms with Crippen molar-refractivity contribution in [1.82, 2.24) is 0 Å². The second kappa shape index (κ2) is 6.06. The first kappa shape index (κ1) is 13.9. The summed E-state index contributed by atoms with van der Waals surface area (Å²) < 4.78 is 11.3. The van der Waals surface area contributed by atoms with Gasteiger partial charge in [-0.2, -0.15) is 0 Å². The summed E-state index contributed by atoms with van der Waals surface area (Å²) >= 11 is 3.44. The van der Waals surface area contributed by atoms with Gasteiger partial charge in [0.2, 0.25) is 0 Å². The Bertz CT molecular complexity index is 595. The first-order valence-electron chi connectivity index (χ1n) is 6.00. The van der Waals surface area contributed by atoms with E-state index in [1.165, 1.54) is 7.11 Å². The minimum atomic E-state index is -0.273. The Hall–Kier alpha value is -1.55. The highest BCUT2D eigenvalue weighted by Crippen LogP contribution is 2.24. The van der Waals surface area contributed by atoms with E-state index in [9.17, 15) is 4.79 Å². The summed E-state index contributed by atoms with van der Waals surface area (Å²) in [5.74, 6) is 0.223. The van der Waals surface area contributed by atoms with Crippen molar-refractivity contribution >= 4 is 32.7 Å². The third-order valence-electron chi connectivity index (χ3n) is 2.88. The summed E-state index contributed by atoms with van der Waals surface area (Å²) in [5.41, 5.74) is 0. The van der Waals surface area contributed by atoms with Gasteiger partial charge in [-0.25, -0.2) is 0 Å². The van der Waals surface area contributed by atoms with E-state index in [1.807, 2.05) is 30.3 Å². The van der Waals surface area contributed by atoms with E-state index in [2.05, 4.69) is 26.7 Å². The van der Waals surface area contributed by atoms with Gasteiger partial charge < -0.3 is 9.47 Å². The van der Waals surface area contributed by atoms with Crippen LogP contribution in [-0.4, -0.2) is 19.7 Å². The molecule has 0 saturated heterocycles. The summed E-state index contributed by atoms with van der Waals surface area (Å²) in [5, 5.41) is 2.24. The van der Waals surface area contributed by atoms with E-state index in [1.54, 1.807) is 6.92 Å². The van der Waals surface area contributed by atoms with Crippen molar-refractivity contribution in [2.75, 3.05) is 13.7 Å². The van der Waals surface area contributed by atoms with Gasteiger partial charge in [-0.3, -0.25) is 4.79 Å². The van der Waals surface area contributed by atoms with Crippen molar-refractivity contribution < 1.29 is 14.3 Å². The molecule has 0 aliphatic rings. The predicted octanol–water partition coefficient (Wildman–Crippen LogP) is 3.79. The molecular weight excluding hydrogens is 308 g/mol. The first-order valence-corrected chi connectivity index (χ1v) is 6.79. The molecule has 2 aromatic rings. The van der Waals surface area contributed by atoms with Gasteiger partial charge in [0, 0.05) is 4.47 Å². The SMILES string of the molecule is COC(=O)C(C)COc1ccc2cc(Br)ccc2c1. The fourth-order valence-electron chi connectivity index (χ4n) is 1.77. The predicted molar refractivity (Wildman–Crippen MR) is 78.3 cm³/mol. The highest BCUT2D eigenvalue weighted by atomic mass is 79.9.